The van der Waals surface area contributed by atoms with Crippen LogP contribution < -0.4 is 10.5 Å². The van der Waals surface area contributed by atoms with Crippen LogP contribution in [0.4, 0.5) is 0 Å². The first-order valence-electron chi connectivity index (χ1n) is 6.02. The molecule has 1 aliphatic carbocycles. The number of phenolic OH excluding ortho intramolecular Hbond substituents is 1. The largest absolute Gasteiger partial charge is 0.503 e. The maximum Gasteiger partial charge on any atom is 0.172 e. The molecule has 3 N–H and O–H groups in total. The third-order valence-corrected chi connectivity index (χ3v) is 3.67. The molecule has 1 aliphatic rings. The summed E-state index contributed by atoms with van der Waals surface area (Å²) < 4.78 is 6.04. The van der Waals surface area contributed by atoms with Crippen molar-refractivity contribution in [2.45, 2.75) is 32.2 Å². The van der Waals surface area contributed by atoms with Crippen LogP contribution in [0.1, 0.15) is 37.8 Å². The van der Waals surface area contributed by atoms with Gasteiger partial charge in [-0.15, -0.1) is 0 Å². The van der Waals surface area contributed by atoms with Crippen molar-refractivity contribution in [3.63, 3.8) is 0 Å². The molecule has 1 atom stereocenters. The van der Waals surface area contributed by atoms with Crippen LogP contribution in [0.25, 0.3) is 0 Å². The van der Waals surface area contributed by atoms with Gasteiger partial charge in [-0.25, -0.2) is 0 Å². The highest BCUT2D eigenvalue weighted by atomic mass is 79.9. The molecular weight excluding hydrogens is 282 g/mol. The highest BCUT2D eigenvalue weighted by molar-refractivity contribution is 9.10. The van der Waals surface area contributed by atoms with Crippen molar-refractivity contribution in [2.75, 3.05) is 6.61 Å². The van der Waals surface area contributed by atoms with Gasteiger partial charge >= 0.3 is 0 Å². The van der Waals surface area contributed by atoms with Gasteiger partial charge in [0.15, 0.2) is 11.5 Å². The number of halogens is 1. The molecule has 2 rings (SSSR count). The lowest BCUT2D eigenvalue weighted by molar-refractivity contribution is 0.316. The van der Waals surface area contributed by atoms with Crippen molar-refractivity contribution in [2.24, 2.45) is 11.7 Å². The van der Waals surface area contributed by atoms with Gasteiger partial charge < -0.3 is 15.6 Å². The van der Waals surface area contributed by atoms with Gasteiger partial charge in [0, 0.05) is 6.04 Å². The fourth-order valence-corrected chi connectivity index (χ4v) is 2.38. The molecule has 0 radical (unpaired) electrons. The fraction of sp³-hybridized carbons (Fsp3) is 0.538. The Kier molecular flexibility index (Phi) is 3.94. The van der Waals surface area contributed by atoms with Gasteiger partial charge in [0.2, 0.25) is 0 Å². The third-order valence-electron chi connectivity index (χ3n) is 3.06. The fourth-order valence-electron chi connectivity index (χ4n) is 1.92. The van der Waals surface area contributed by atoms with Crippen molar-refractivity contribution in [3.8, 4) is 11.5 Å². The Morgan fingerprint density at radius 3 is 2.82 bits per heavy atom. The highest BCUT2D eigenvalue weighted by Gasteiger charge is 2.25. The van der Waals surface area contributed by atoms with Crippen LogP contribution >= 0.6 is 15.9 Å². The lowest BCUT2D eigenvalue weighted by Gasteiger charge is -2.15. The predicted molar refractivity (Wildman–Crippen MR) is 71.2 cm³/mol. The van der Waals surface area contributed by atoms with Crippen molar-refractivity contribution in [1.29, 1.82) is 0 Å². The van der Waals surface area contributed by atoms with E-state index in [9.17, 15) is 5.11 Å². The monoisotopic (exact) mass is 299 g/mol. The lowest BCUT2D eigenvalue weighted by atomic mass is 10.0. The molecule has 0 saturated heterocycles. The summed E-state index contributed by atoms with van der Waals surface area (Å²) in [4.78, 5) is 0. The molecule has 0 amide bonds. The number of ether oxygens (including phenoxy) is 1. The first-order valence-corrected chi connectivity index (χ1v) is 6.82. The van der Waals surface area contributed by atoms with Crippen LogP contribution in [0.2, 0.25) is 0 Å². The topological polar surface area (TPSA) is 55.5 Å². The zero-order valence-electron chi connectivity index (χ0n) is 9.95. The summed E-state index contributed by atoms with van der Waals surface area (Å²) in [6.07, 6.45) is 3.61. The summed E-state index contributed by atoms with van der Waals surface area (Å²) in [6, 6.07) is 3.75. The number of aromatic hydroxyl groups is 1. The second-order valence-corrected chi connectivity index (χ2v) is 5.42. The molecule has 1 aromatic rings. The SMILES string of the molecule is CCOc1cc([C@H](N)CC2CC2)cc(Br)c1O. The van der Waals surface area contributed by atoms with Gasteiger partial charge in [0.05, 0.1) is 11.1 Å². The first-order chi connectivity index (χ1) is 8.11. The number of nitrogens with two attached hydrogens (primary N) is 1. The molecule has 0 heterocycles. The van der Waals surface area contributed by atoms with E-state index in [0.717, 1.165) is 17.9 Å². The maximum atomic E-state index is 9.82. The molecular formula is C13H18BrNO2. The molecule has 0 aliphatic heterocycles. The van der Waals surface area contributed by atoms with Crippen LogP contribution in [0.15, 0.2) is 16.6 Å². The average Bonchev–Trinajstić information content (AvgIpc) is 3.08. The Labute approximate surface area is 110 Å². The lowest BCUT2D eigenvalue weighted by Crippen LogP contribution is -2.11. The van der Waals surface area contributed by atoms with E-state index in [1.165, 1.54) is 12.8 Å². The summed E-state index contributed by atoms with van der Waals surface area (Å²) in [6.45, 7) is 2.42. The van der Waals surface area contributed by atoms with Crippen LogP contribution in [0.5, 0.6) is 11.5 Å². The number of phenols is 1. The van der Waals surface area contributed by atoms with Gasteiger partial charge in [-0.05, 0) is 52.9 Å². The van der Waals surface area contributed by atoms with E-state index >= 15 is 0 Å². The van der Waals surface area contributed by atoms with Crippen LogP contribution in [-0.4, -0.2) is 11.7 Å². The minimum Gasteiger partial charge on any atom is -0.503 e. The normalized spacial score (nSPS) is 16.9. The standard InChI is InChI=1S/C13H18BrNO2/c1-2-17-12-7-9(6-10(14)13(12)16)11(15)5-8-3-4-8/h6-8,11,16H,2-5,15H2,1H3/t11-/m1/s1. The van der Waals surface area contributed by atoms with E-state index in [2.05, 4.69) is 15.9 Å². The Morgan fingerprint density at radius 1 is 1.53 bits per heavy atom. The van der Waals surface area contributed by atoms with E-state index in [0.29, 0.717) is 16.8 Å². The van der Waals surface area contributed by atoms with E-state index in [1.54, 1.807) is 0 Å². The quantitative estimate of drug-likeness (QED) is 0.876. The van der Waals surface area contributed by atoms with Gasteiger partial charge in [0.1, 0.15) is 0 Å². The molecule has 4 heteroatoms. The van der Waals surface area contributed by atoms with Gasteiger partial charge in [-0.2, -0.15) is 0 Å². The van der Waals surface area contributed by atoms with Crippen molar-refractivity contribution in [1.82, 2.24) is 0 Å². The second kappa shape index (κ2) is 5.27. The van der Waals surface area contributed by atoms with Crippen LogP contribution in [-0.2, 0) is 0 Å². The Morgan fingerprint density at radius 2 is 2.24 bits per heavy atom. The Bertz CT molecular complexity index is 405. The van der Waals surface area contributed by atoms with Crippen molar-refractivity contribution >= 4 is 15.9 Å². The summed E-state index contributed by atoms with van der Waals surface area (Å²) in [5.41, 5.74) is 7.18. The number of hydrogen-bond acceptors (Lipinski definition) is 3. The molecule has 0 spiro atoms. The molecule has 94 valence electrons. The molecule has 1 saturated carbocycles. The molecule has 0 bridgehead atoms. The zero-order valence-corrected chi connectivity index (χ0v) is 11.5. The van der Waals surface area contributed by atoms with E-state index in [4.69, 9.17) is 10.5 Å². The highest BCUT2D eigenvalue weighted by Crippen LogP contribution is 2.40. The minimum absolute atomic E-state index is 0.0265. The van der Waals surface area contributed by atoms with Crippen molar-refractivity contribution < 1.29 is 9.84 Å². The summed E-state index contributed by atoms with van der Waals surface area (Å²) in [5.74, 6) is 1.44. The van der Waals surface area contributed by atoms with Gasteiger partial charge in [0.25, 0.3) is 0 Å². The molecule has 1 aromatic carbocycles. The van der Waals surface area contributed by atoms with E-state index in [-0.39, 0.29) is 11.8 Å². The smallest absolute Gasteiger partial charge is 0.172 e. The first kappa shape index (κ1) is 12.7. The Balaban J connectivity index is 2.20. The molecule has 3 nitrogen and oxygen atoms in total. The van der Waals surface area contributed by atoms with E-state index in [1.807, 2.05) is 19.1 Å². The number of benzene rings is 1. The van der Waals surface area contributed by atoms with Crippen LogP contribution in [0, 0.1) is 5.92 Å². The maximum absolute atomic E-state index is 9.82. The van der Waals surface area contributed by atoms with Gasteiger partial charge in [-0.3, -0.25) is 0 Å². The molecule has 0 aromatic heterocycles. The number of rotatable bonds is 5. The van der Waals surface area contributed by atoms with Crippen molar-refractivity contribution in [3.05, 3.63) is 22.2 Å². The predicted octanol–water partition coefficient (Wildman–Crippen LogP) is 3.35. The Hall–Kier alpha value is -0.740. The summed E-state index contributed by atoms with van der Waals surface area (Å²) in [5, 5.41) is 9.82. The number of hydrogen-bond donors (Lipinski definition) is 2. The summed E-state index contributed by atoms with van der Waals surface area (Å²) >= 11 is 3.33. The molecule has 17 heavy (non-hydrogen) atoms. The van der Waals surface area contributed by atoms with Gasteiger partial charge in [-0.1, -0.05) is 12.8 Å². The second-order valence-electron chi connectivity index (χ2n) is 4.57. The summed E-state index contributed by atoms with van der Waals surface area (Å²) in [7, 11) is 0. The van der Waals surface area contributed by atoms with Crippen LogP contribution in [0.3, 0.4) is 0 Å². The molecule has 1 fully saturated rings. The molecule has 0 unspecified atom stereocenters. The van der Waals surface area contributed by atoms with E-state index < -0.39 is 0 Å². The average molecular weight is 300 g/mol. The third kappa shape index (κ3) is 3.13. The zero-order chi connectivity index (χ0) is 12.4. The minimum atomic E-state index is 0.0265.